The normalized spacial score (nSPS) is 21.9. The van der Waals surface area contributed by atoms with Crippen molar-refractivity contribution in [3.63, 3.8) is 0 Å². The first-order valence-corrected chi connectivity index (χ1v) is 6.84. The van der Waals surface area contributed by atoms with Crippen LogP contribution >= 0.6 is 0 Å². The second-order valence-corrected chi connectivity index (χ2v) is 5.08. The molecule has 1 aromatic heterocycles. The zero-order valence-corrected chi connectivity index (χ0v) is 11.5. The Morgan fingerprint density at radius 3 is 3.00 bits per heavy atom. The summed E-state index contributed by atoms with van der Waals surface area (Å²) in [6.07, 6.45) is 6.15. The van der Waals surface area contributed by atoms with Crippen molar-refractivity contribution in [3.8, 4) is 0 Å². The van der Waals surface area contributed by atoms with Gasteiger partial charge in [0.25, 0.3) is 0 Å². The SMILES string of the molecule is CCC1CN(C)CCCN1c1cnccc1CN. The first-order chi connectivity index (χ1) is 8.76. The van der Waals surface area contributed by atoms with Gasteiger partial charge in [0.05, 0.1) is 11.9 Å². The molecule has 1 unspecified atom stereocenters. The van der Waals surface area contributed by atoms with Crippen LogP contribution in [-0.4, -0.2) is 42.6 Å². The molecule has 0 saturated carbocycles. The minimum atomic E-state index is 0.562. The van der Waals surface area contributed by atoms with Crippen molar-refractivity contribution in [3.05, 3.63) is 24.0 Å². The molecule has 2 rings (SSSR count). The molecule has 0 bridgehead atoms. The lowest BCUT2D eigenvalue weighted by molar-refractivity contribution is 0.328. The maximum Gasteiger partial charge on any atom is 0.0601 e. The van der Waals surface area contributed by atoms with Crippen LogP contribution in [-0.2, 0) is 6.54 Å². The quantitative estimate of drug-likeness (QED) is 0.879. The Kier molecular flexibility index (Phi) is 4.55. The van der Waals surface area contributed by atoms with Crippen LogP contribution in [0.1, 0.15) is 25.3 Å². The average molecular weight is 248 g/mol. The fraction of sp³-hybridized carbons (Fsp3) is 0.643. The van der Waals surface area contributed by atoms with E-state index in [1.165, 1.54) is 24.2 Å². The van der Waals surface area contributed by atoms with Gasteiger partial charge in [0, 0.05) is 31.9 Å². The summed E-state index contributed by atoms with van der Waals surface area (Å²) in [7, 11) is 2.21. The van der Waals surface area contributed by atoms with E-state index < -0.39 is 0 Å². The number of aromatic nitrogens is 1. The molecule has 2 heterocycles. The van der Waals surface area contributed by atoms with Crippen molar-refractivity contribution in [1.29, 1.82) is 0 Å². The Morgan fingerprint density at radius 1 is 1.44 bits per heavy atom. The highest BCUT2D eigenvalue weighted by atomic mass is 15.2. The van der Waals surface area contributed by atoms with E-state index in [0.29, 0.717) is 12.6 Å². The Bertz CT molecular complexity index is 380. The number of pyridine rings is 1. The van der Waals surface area contributed by atoms with Crippen LogP contribution in [0.25, 0.3) is 0 Å². The summed E-state index contributed by atoms with van der Waals surface area (Å²) < 4.78 is 0. The second-order valence-electron chi connectivity index (χ2n) is 5.08. The van der Waals surface area contributed by atoms with Gasteiger partial charge in [0.1, 0.15) is 0 Å². The summed E-state index contributed by atoms with van der Waals surface area (Å²) in [6.45, 7) is 6.23. The highest BCUT2D eigenvalue weighted by molar-refractivity contribution is 5.52. The zero-order chi connectivity index (χ0) is 13.0. The number of likely N-dealkylation sites (N-methyl/N-ethyl adjacent to an activating group) is 1. The molecule has 0 aliphatic carbocycles. The lowest BCUT2D eigenvalue weighted by Gasteiger charge is -2.33. The van der Waals surface area contributed by atoms with Crippen molar-refractivity contribution >= 4 is 5.69 Å². The van der Waals surface area contributed by atoms with Gasteiger partial charge in [0.2, 0.25) is 0 Å². The molecule has 0 spiro atoms. The molecule has 4 nitrogen and oxygen atoms in total. The molecule has 1 aliphatic heterocycles. The third-order valence-electron chi connectivity index (χ3n) is 3.79. The highest BCUT2D eigenvalue weighted by Gasteiger charge is 2.23. The van der Waals surface area contributed by atoms with Crippen LogP contribution in [0.15, 0.2) is 18.5 Å². The predicted molar refractivity (Wildman–Crippen MR) is 75.7 cm³/mol. The summed E-state index contributed by atoms with van der Waals surface area (Å²) in [5, 5.41) is 0. The van der Waals surface area contributed by atoms with Gasteiger partial charge in [0.15, 0.2) is 0 Å². The fourth-order valence-electron chi connectivity index (χ4n) is 2.76. The van der Waals surface area contributed by atoms with Crippen LogP contribution < -0.4 is 10.6 Å². The minimum absolute atomic E-state index is 0.562. The van der Waals surface area contributed by atoms with Crippen LogP contribution in [0.5, 0.6) is 0 Å². The first kappa shape index (κ1) is 13.3. The highest BCUT2D eigenvalue weighted by Crippen LogP contribution is 2.24. The van der Waals surface area contributed by atoms with E-state index >= 15 is 0 Å². The van der Waals surface area contributed by atoms with Crippen molar-refractivity contribution in [2.75, 3.05) is 31.6 Å². The Hall–Kier alpha value is -1.13. The Balaban J connectivity index is 2.28. The first-order valence-electron chi connectivity index (χ1n) is 6.84. The monoisotopic (exact) mass is 248 g/mol. The third kappa shape index (κ3) is 2.82. The van der Waals surface area contributed by atoms with Gasteiger partial charge < -0.3 is 15.5 Å². The predicted octanol–water partition coefficient (Wildman–Crippen LogP) is 1.46. The van der Waals surface area contributed by atoms with Gasteiger partial charge in [-0.25, -0.2) is 0 Å². The number of rotatable bonds is 3. The molecule has 0 amide bonds. The molecular weight excluding hydrogens is 224 g/mol. The van der Waals surface area contributed by atoms with Crippen molar-refractivity contribution in [1.82, 2.24) is 9.88 Å². The molecule has 4 heteroatoms. The van der Waals surface area contributed by atoms with E-state index in [0.717, 1.165) is 19.5 Å². The van der Waals surface area contributed by atoms with E-state index in [1.807, 2.05) is 18.5 Å². The van der Waals surface area contributed by atoms with E-state index in [1.54, 1.807) is 0 Å². The van der Waals surface area contributed by atoms with Crippen molar-refractivity contribution < 1.29 is 0 Å². The molecule has 1 saturated heterocycles. The molecule has 0 radical (unpaired) electrons. The summed E-state index contributed by atoms with van der Waals surface area (Å²) in [4.78, 5) is 9.20. The molecule has 100 valence electrons. The largest absolute Gasteiger partial charge is 0.366 e. The summed E-state index contributed by atoms with van der Waals surface area (Å²) in [5.74, 6) is 0. The average Bonchev–Trinajstić information content (AvgIpc) is 2.60. The van der Waals surface area contributed by atoms with E-state index in [-0.39, 0.29) is 0 Å². The lowest BCUT2D eigenvalue weighted by atomic mass is 10.1. The van der Waals surface area contributed by atoms with Gasteiger partial charge in [-0.05, 0) is 38.1 Å². The molecule has 18 heavy (non-hydrogen) atoms. The minimum Gasteiger partial charge on any atom is -0.366 e. The van der Waals surface area contributed by atoms with E-state index in [2.05, 4.69) is 28.8 Å². The van der Waals surface area contributed by atoms with E-state index in [9.17, 15) is 0 Å². The van der Waals surface area contributed by atoms with Crippen LogP contribution in [0, 0.1) is 0 Å². The second kappa shape index (κ2) is 6.16. The molecule has 2 N–H and O–H groups in total. The van der Waals surface area contributed by atoms with Crippen LogP contribution in [0.4, 0.5) is 5.69 Å². The number of nitrogens with zero attached hydrogens (tertiary/aromatic N) is 3. The fourth-order valence-corrected chi connectivity index (χ4v) is 2.76. The Morgan fingerprint density at radius 2 is 2.28 bits per heavy atom. The zero-order valence-electron chi connectivity index (χ0n) is 11.5. The Labute approximate surface area is 110 Å². The van der Waals surface area contributed by atoms with Crippen LogP contribution in [0.3, 0.4) is 0 Å². The topological polar surface area (TPSA) is 45.4 Å². The van der Waals surface area contributed by atoms with Gasteiger partial charge in [-0.3, -0.25) is 4.98 Å². The van der Waals surface area contributed by atoms with Crippen molar-refractivity contribution in [2.24, 2.45) is 5.73 Å². The number of hydrogen-bond acceptors (Lipinski definition) is 4. The summed E-state index contributed by atoms with van der Waals surface area (Å²) >= 11 is 0. The molecule has 1 atom stereocenters. The molecule has 0 aromatic carbocycles. The molecular formula is C14H24N4. The molecule has 1 aromatic rings. The smallest absolute Gasteiger partial charge is 0.0601 e. The number of anilines is 1. The van der Waals surface area contributed by atoms with Crippen LogP contribution in [0.2, 0.25) is 0 Å². The van der Waals surface area contributed by atoms with E-state index in [4.69, 9.17) is 5.73 Å². The number of hydrogen-bond donors (Lipinski definition) is 1. The van der Waals surface area contributed by atoms with Crippen molar-refractivity contribution in [2.45, 2.75) is 32.4 Å². The maximum absolute atomic E-state index is 5.85. The third-order valence-corrected chi connectivity index (χ3v) is 3.79. The standard InChI is InChI=1S/C14H24N4/c1-3-13-11-17(2)7-4-8-18(13)14-10-16-6-5-12(14)9-15/h5-6,10,13H,3-4,7-9,11,15H2,1-2H3. The molecule has 1 aliphatic rings. The van der Waals surface area contributed by atoms with Gasteiger partial charge in [-0.2, -0.15) is 0 Å². The molecule has 1 fully saturated rings. The maximum atomic E-state index is 5.85. The van der Waals surface area contributed by atoms with Gasteiger partial charge in [-0.15, -0.1) is 0 Å². The number of nitrogens with two attached hydrogens (primary N) is 1. The summed E-state index contributed by atoms with van der Waals surface area (Å²) in [5.41, 5.74) is 8.27. The van der Waals surface area contributed by atoms with Gasteiger partial charge in [-0.1, -0.05) is 6.92 Å². The van der Waals surface area contributed by atoms with Gasteiger partial charge >= 0.3 is 0 Å². The lowest BCUT2D eigenvalue weighted by Crippen LogP contribution is -2.40. The summed E-state index contributed by atoms with van der Waals surface area (Å²) in [6, 6.07) is 2.60.